The van der Waals surface area contributed by atoms with Crippen molar-refractivity contribution in [3.05, 3.63) is 33.9 Å². The highest BCUT2D eigenvalue weighted by Crippen LogP contribution is 2.21. The van der Waals surface area contributed by atoms with Gasteiger partial charge < -0.3 is 11.1 Å². The molecule has 0 spiro atoms. The van der Waals surface area contributed by atoms with Crippen LogP contribution in [0.4, 0.5) is 11.4 Å². The highest BCUT2D eigenvalue weighted by atomic mass is 16.6. The predicted molar refractivity (Wildman–Crippen MR) is 60.0 cm³/mol. The number of nitriles is 1. The van der Waals surface area contributed by atoms with Gasteiger partial charge in [0, 0.05) is 18.3 Å². The zero-order valence-electron chi connectivity index (χ0n) is 8.64. The van der Waals surface area contributed by atoms with E-state index in [1.807, 2.05) is 0 Å². The molecule has 0 amide bonds. The molecule has 3 N–H and O–H groups in total. The maximum atomic E-state index is 10.6. The number of nitrogens with one attached hydrogen (secondary N) is 1. The second kappa shape index (κ2) is 5.68. The summed E-state index contributed by atoms with van der Waals surface area (Å²) in [6.07, 6.45) is 0.804. The first-order valence-electron chi connectivity index (χ1n) is 4.81. The Morgan fingerprint density at radius 2 is 2.31 bits per heavy atom. The standard InChI is InChI=1S/C10H12N4O2/c11-4-1-5-13-9-2-3-10(14(15)16)8(6-9)7-12/h2-3,6,13H,1,4-5,11H2. The number of nitro benzene ring substituents is 1. The van der Waals surface area contributed by atoms with Crippen molar-refractivity contribution in [3.8, 4) is 6.07 Å². The molecule has 0 heterocycles. The molecule has 0 aliphatic rings. The van der Waals surface area contributed by atoms with Gasteiger partial charge in [0.05, 0.1) is 4.92 Å². The topological polar surface area (TPSA) is 105 Å². The van der Waals surface area contributed by atoms with Gasteiger partial charge in [-0.1, -0.05) is 0 Å². The number of anilines is 1. The zero-order chi connectivity index (χ0) is 12.0. The van der Waals surface area contributed by atoms with Crippen LogP contribution in [0.5, 0.6) is 0 Å². The van der Waals surface area contributed by atoms with Gasteiger partial charge in [0.15, 0.2) is 0 Å². The third-order valence-electron chi connectivity index (χ3n) is 2.02. The number of nitrogens with zero attached hydrogens (tertiary/aromatic N) is 2. The van der Waals surface area contributed by atoms with E-state index in [0.29, 0.717) is 18.8 Å². The molecule has 0 aromatic heterocycles. The van der Waals surface area contributed by atoms with Crippen LogP contribution >= 0.6 is 0 Å². The zero-order valence-corrected chi connectivity index (χ0v) is 8.64. The summed E-state index contributed by atoms with van der Waals surface area (Å²) < 4.78 is 0. The van der Waals surface area contributed by atoms with Gasteiger partial charge in [-0.3, -0.25) is 10.1 Å². The van der Waals surface area contributed by atoms with Crippen LogP contribution < -0.4 is 11.1 Å². The summed E-state index contributed by atoms with van der Waals surface area (Å²) in [5.41, 5.74) is 5.91. The van der Waals surface area contributed by atoms with E-state index >= 15 is 0 Å². The van der Waals surface area contributed by atoms with Crippen molar-refractivity contribution in [3.63, 3.8) is 0 Å². The molecular weight excluding hydrogens is 208 g/mol. The lowest BCUT2D eigenvalue weighted by Gasteiger charge is -2.05. The van der Waals surface area contributed by atoms with Crippen molar-refractivity contribution in [1.82, 2.24) is 0 Å². The van der Waals surface area contributed by atoms with Crippen LogP contribution in [0, 0.1) is 21.4 Å². The minimum Gasteiger partial charge on any atom is -0.385 e. The molecule has 0 saturated heterocycles. The highest BCUT2D eigenvalue weighted by Gasteiger charge is 2.13. The van der Waals surface area contributed by atoms with Crippen LogP contribution in [-0.2, 0) is 0 Å². The molecule has 0 fully saturated rings. The lowest BCUT2D eigenvalue weighted by molar-refractivity contribution is -0.385. The Morgan fingerprint density at radius 1 is 1.56 bits per heavy atom. The van der Waals surface area contributed by atoms with E-state index in [1.165, 1.54) is 12.1 Å². The Balaban J connectivity index is 2.84. The predicted octanol–water partition coefficient (Wildman–Crippen LogP) is 1.23. The van der Waals surface area contributed by atoms with E-state index in [4.69, 9.17) is 11.0 Å². The molecule has 6 heteroatoms. The van der Waals surface area contributed by atoms with Gasteiger partial charge in [-0.25, -0.2) is 0 Å². The number of nitro groups is 1. The SMILES string of the molecule is N#Cc1cc(NCCCN)ccc1[N+](=O)[O-]. The summed E-state index contributed by atoms with van der Waals surface area (Å²) >= 11 is 0. The van der Waals surface area contributed by atoms with Crippen LogP contribution in [0.15, 0.2) is 18.2 Å². The van der Waals surface area contributed by atoms with Gasteiger partial charge in [0.25, 0.3) is 5.69 Å². The summed E-state index contributed by atoms with van der Waals surface area (Å²) in [4.78, 5) is 10.0. The maximum absolute atomic E-state index is 10.6. The number of rotatable bonds is 5. The number of benzene rings is 1. The van der Waals surface area contributed by atoms with Crippen molar-refractivity contribution >= 4 is 11.4 Å². The van der Waals surface area contributed by atoms with Crippen molar-refractivity contribution in [2.24, 2.45) is 5.73 Å². The van der Waals surface area contributed by atoms with Crippen LogP contribution in [0.25, 0.3) is 0 Å². The number of hydrogen-bond acceptors (Lipinski definition) is 5. The molecule has 6 nitrogen and oxygen atoms in total. The third kappa shape index (κ3) is 2.93. The van der Waals surface area contributed by atoms with Crippen molar-refractivity contribution in [2.45, 2.75) is 6.42 Å². The Hall–Kier alpha value is -2.13. The highest BCUT2D eigenvalue weighted by molar-refractivity contribution is 5.58. The van der Waals surface area contributed by atoms with Crippen LogP contribution in [0.1, 0.15) is 12.0 Å². The fourth-order valence-electron chi connectivity index (χ4n) is 1.23. The molecular formula is C10H12N4O2. The van der Waals surface area contributed by atoms with E-state index in [0.717, 1.165) is 6.42 Å². The normalized spacial score (nSPS) is 9.50. The average molecular weight is 220 g/mol. The van der Waals surface area contributed by atoms with Crippen molar-refractivity contribution < 1.29 is 4.92 Å². The average Bonchev–Trinajstić information content (AvgIpc) is 2.29. The maximum Gasteiger partial charge on any atom is 0.287 e. The number of hydrogen-bond donors (Lipinski definition) is 2. The molecule has 1 aromatic carbocycles. The first-order valence-corrected chi connectivity index (χ1v) is 4.81. The quantitative estimate of drug-likeness (QED) is 0.441. The first kappa shape index (κ1) is 11.9. The molecule has 0 bridgehead atoms. The molecule has 0 aliphatic carbocycles. The molecule has 0 radical (unpaired) electrons. The van der Waals surface area contributed by atoms with Gasteiger partial charge >= 0.3 is 0 Å². The largest absolute Gasteiger partial charge is 0.385 e. The molecule has 16 heavy (non-hydrogen) atoms. The summed E-state index contributed by atoms with van der Waals surface area (Å²) in [5.74, 6) is 0. The Bertz CT molecular complexity index is 425. The fraction of sp³-hybridized carbons (Fsp3) is 0.300. The van der Waals surface area contributed by atoms with Gasteiger partial charge in [0.2, 0.25) is 0 Å². The second-order valence-corrected chi connectivity index (χ2v) is 3.17. The lowest BCUT2D eigenvalue weighted by atomic mass is 10.1. The van der Waals surface area contributed by atoms with E-state index in [9.17, 15) is 10.1 Å². The van der Waals surface area contributed by atoms with E-state index < -0.39 is 4.92 Å². The summed E-state index contributed by atoms with van der Waals surface area (Å²) in [6, 6.07) is 6.17. The van der Waals surface area contributed by atoms with Gasteiger partial charge in [-0.2, -0.15) is 5.26 Å². The van der Waals surface area contributed by atoms with Crippen molar-refractivity contribution in [1.29, 1.82) is 5.26 Å². The summed E-state index contributed by atoms with van der Waals surface area (Å²) in [5, 5.41) is 22.4. The van der Waals surface area contributed by atoms with Gasteiger partial charge in [0.1, 0.15) is 11.6 Å². The van der Waals surface area contributed by atoms with Crippen LogP contribution in [0.3, 0.4) is 0 Å². The molecule has 0 saturated carbocycles. The molecule has 0 aliphatic heterocycles. The van der Waals surface area contributed by atoms with Gasteiger partial charge in [-0.15, -0.1) is 0 Å². The molecule has 0 atom stereocenters. The van der Waals surface area contributed by atoms with E-state index in [-0.39, 0.29) is 11.3 Å². The monoisotopic (exact) mass is 220 g/mol. The lowest BCUT2D eigenvalue weighted by Crippen LogP contribution is -2.08. The Labute approximate surface area is 92.8 Å². The van der Waals surface area contributed by atoms with E-state index in [1.54, 1.807) is 12.1 Å². The Kier molecular flexibility index (Phi) is 4.24. The van der Waals surface area contributed by atoms with Crippen LogP contribution in [-0.4, -0.2) is 18.0 Å². The number of nitrogens with two attached hydrogens (primary N) is 1. The van der Waals surface area contributed by atoms with Gasteiger partial charge in [-0.05, 0) is 25.1 Å². The first-order chi connectivity index (χ1) is 7.69. The minimum absolute atomic E-state index is 0.0581. The fourth-order valence-corrected chi connectivity index (χ4v) is 1.23. The van der Waals surface area contributed by atoms with Crippen LogP contribution in [0.2, 0.25) is 0 Å². The minimum atomic E-state index is -0.567. The third-order valence-corrected chi connectivity index (χ3v) is 2.02. The molecule has 84 valence electrons. The summed E-state index contributed by atoms with van der Waals surface area (Å²) in [6.45, 7) is 1.25. The molecule has 0 unspecified atom stereocenters. The molecule has 1 rings (SSSR count). The smallest absolute Gasteiger partial charge is 0.287 e. The summed E-state index contributed by atoms with van der Waals surface area (Å²) in [7, 11) is 0. The van der Waals surface area contributed by atoms with Crippen molar-refractivity contribution in [2.75, 3.05) is 18.4 Å². The van der Waals surface area contributed by atoms with E-state index in [2.05, 4.69) is 5.32 Å². The molecule has 1 aromatic rings. The Morgan fingerprint density at radius 3 is 2.88 bits per heavy atom. The second-order valence-electron chi connectivity index (χ2n) is 3.17.